The molecule has 0 aliphatic rings. The van der Waals surface area contributed by atoms with Crippen molar-refractivity contribution in [3.05, 3.63) is 71.1 Å². The number of rotatable bonds is 4. The van der Waals surface area contributed by atoms with Crippen LogP contribution in [0.1, 0.15) is 32.0 Å². The number of anilines is 1. The number of nitrogens with one attached hydrogen (secondary N) is 2. The van der Waals surface area contributed by atoms with Gasteiger partial charge < -0.3 is 10.3 Å². The highest BCUT2D eigenvalue weighted by Gasteiger charge is 2.19. The van der Waals surface area contributed by atoms with E-state index in [1.54, 1.807) is 37.0 Å². The normalized spacial score (nSPS) is 10.6. The number of hydrogen-bond donors (Lipinski definition) is 2. The highest BCUT2D eigenvalue weighted by molar-refractivity contribution is 6.12. The van der Waals surface area contributed by atoms with Crippen LogP contribution in [0.25, 0.3) is 0 Å². The number of benzene rings is 1. The minimum absolute atomic E-state index is 0.00992. The highest BCUT2D eigenvalue weighted by Crippen LogP contribution is 2.18. The summed E-state index contributed by atoms with van der Waals surface area (Å²) in [5, 5.41) is 6.61. The van der Waals surface area contributed by atoms with Crippen LogP contribution < -0.4 is 5.32 Å². The van der Waals surface area contributed by atoms with E-state index in [1.165, 1.54) is 24.5 Å². The average Bonchev–Trinajstić information content (AvgIpc) is 3.16. The zero-order valence-electron chi connectivity index (χ0n) is 13.1. The summed E-state index contributed by atoms with van der Waals surface area (Å²) in [6, 6.07) is 5.85. The van der Waals surface area contributed by atoms with E-state index in [9.17, 15) is 14.0 Å². The predicted octanol–water partition coefficient (Wildman–Crippen LogP) is 2.68. The van der Waals surface area contributed by atoms with Crippen molar-refractivity contribution in [3.8, 4) is 0 Å². The predicted molar refractivity (Wildman–Crippen MR) is 86.5 cm³/mol. The molecule has 0 aliphatic carbocycles. The van der Waals surface area contributed by atoms with Crippen molar-refractivity contribution in [3.63, 3.8) is 0 Å². The monoisotopic (exact) mass is 326 g/mol. The maximum Gasteiger partial charge on any atom is 0.272 e. The molecule has 2 heterocycles. The quantitative estimate of drug-likeness (QED) is 0.723. The molecule has 0 aliphatic heterocycles. The smallest absolute Gasteiger partial charge is 0.272 e. The van der Waals surface area contributed by atoms with E-state index in [0.29, 0.717) is 11.3 Å². The van der Waals surface area contributed by atoms with Gasteiger partial charge in [0.1, 0.15) is 11.5 Å². The zero-order chi connectivity index (χ0) is 17.3. The number of carbonyl (C=O) groups excluding carboxylic acids is 2. The third-order valence-corrected chi connectivity index (χ3v) is 3.60. The van der Waals surface area contributed by atoms with Crippen molar-refractivity contribution in [2.24, 2.45) is 7.05 Å². The topological polar surface area (TPSA) is 79.8 Å². The summed E-state index contributed by atoms with van der Waals surface area (Å²) in [5.74, 6) is -1.46. The van der Waals surface area contributed by atoms with Gasteiger partial charge in [0.2, 0.25) is 0 Å². The fraction of sp³-hybridized carbons (Fsp3) is 0.118. The third-order valence-electron chi connectivity index (χ3n) is 3.60. The van der Waals surface area contributed by atoms with Gasteiger partial charge in [-0.25, -0.2) is 4.39 Å². The zero-order valence-corrected chi connectivity index (χ0v) is 13.1. The number of aryl methyl sites for hydroxylation is 2. The molecule has 122 valence electrons. The molecular weight excluding hydrogens is 311 g/mol. The molecule has 0 unspecified atom stereocenters. The third kappa shape index (κ3) is 2.96. The van der Waals surface area contributed by atoms with Gasteiger partial charge in [0.05, 0.1) is 17.4 Å². The number of halogens is 1. The molecule has 1 aromatic carbocycles. The van der Waals surface area contributed by atoms with Gasteiger partial charge in [-0.15, -0.1) is 0 Å². The Labute approximate surface area is 137 Å². The molecule has 1 amide bonds. The standard InChI is InChI=1S/C17H15FN4O2/c1-10-4-3-5-13(18)15(10)16(23)11-6-14(19-7-11)17(24)21-12-8-20-22(2)9-12/h3-9,19H,1-2H3,(H,21,24). The molecule has 0 saturated heterocycles. The molecule has 0 fully saturated rings. The molecule has 2 N–H and O–H groups in total. The van der Waals surface area contributed by atoms with Crippen molar-refractivity contribution in [1.29, 1.82) is 0 Å². The summed E-state index contributed by atoms with van der Waals surface area (Å²) in [6.45, 7) is 1.67. The lowest BCUT2D eigenvalue weighted by atomic mass is 10.0. The van der Waals surface area contributed by atoms with Crippen LogP contribution in [0.2, 0.25) is 0 Å². The maximum atomic E-state index is 13.9. The van der Waals surface area contributed by atoms with Crippen LogP contribution in [0, 0.1) is 12.7 Å². The summed E-state index contributed by atoms with van der Waals surface area (Å²) in [7, 11) is 1.73. The van der Waals surface area contributed by atoms with Crippen LogP contribution in [0.5, 0.6) is 0 Å². The Morgan fingerprint density at radius 2 is 2.12 bits per heavy atom. The SMILES string of the molecule is Cc1cccc(F)c1C(=O)c1c[nH]c(C(=O)Nc2cnn(C)c2)c1. The molecule has 2 aromatic heterocycles. The summed E-state index contributed by atoms with van der Waals surface area (Å²) in [5.41, 5.74) is 1.52. The van der Waals surface area contributed by atoms with Crippen LogP contribution >= 0.6 is 0 Å². The first-order chi connectivity index (χ1) is 11.5. The van der Waals surface area contributed by atoms with E-state index in [2.05, 4.69) is 15.4 Å². The molecule has 3 aromatic rings. The molecular formula is C17H15FN4O2. The Hall–Kier alpha value is -3.22. The Balaban J connectivity index is 1.82. The van der Waals surface area contributed by atoms with Crippen LogP contribution in [-0.4, -0.2) is 26.5 Å². The van der Waals surface area contributed by atoms with Crippen molar-refractivity contribution in [1.82, 2.24) is 14.8 Å². The average molecular weight is 326 g/mol. The largest absolute Gasteiger partial charge is 0.356 e. The van der Waals surface area contributed by atoms with Gasteiger partial charge in [-0.2, -0.15) is 5.10 Å². The summed E-state index contributed by atoms with van der Waals surface area (Å²) in [4.78, 5) is 27.4. The molecule has 3 rings (SSSR count). The molecule has 0 bridgehead atoms. The molecule has 0 atom stereocenters. The summed E-state index contributed by atoms with van der Waals surface area (Å²) < 4.78 is 15.5. The fourth-order valence-electron chi connectivity index (χ4n) is 2.40. The van der Waals surface area contributed by atoms with Crippen molar-refractivity contribution >= 4 is 17.4 Å². The lowest BCUT2D eigenvalue weighted by Gasteiger charge is -2.04. The number of nitrogens with zero attached hydrogens (tertiary/aromatic N) is 2. The van der Waals surface area contributed by atoms with E-state index in [4.69, 9.17) is 0 Å². The number of hydrogen-bond acceptors (Lipinski definition) is 3. The molecule has 0 radical (unpaired) electrons. The second-order valence-electron chi connectivity index (χ2n) is 5.42. The van der Waals surface area contributed by atoms with Gasteiger partial charge in [0.25, 0.3) is 5.91 Å². The van der Waals surface area contributed by atoms with Crippen LogP contribution in [0.4, 0.5) is 10.1 Å². The summed E-state index contributed by atoms with van der Waals surface area (Å²) in [6.07, 6.45) is 4.55. The van der Waals surface area contributed by atoms with E-state index in [-0.39, 0.29) is 16.8 Å². The van der Waals surface area contributed by atoms with Crippen molar-refractivity contribution < 1.29 is 14.0 Å². The number of H-pyrrole nitrogens is 1. The lowest BCUT2D eigenvalue weighted by Crippen LogP contribution is -2.12. The number of carbonyl (C=O) groups is 2. The Kier molecular flexibility index (Phi) is 3.99. The molecule has 24 heavy (non-hydrogen) atoms. The molecule has 0 saturated carbocycles. The van der Waals surface area contributed by atoms with Gasteiger partial charge in [-0.1, -0.05) is 12.1 Å². The fourth-order valence-corrected chi connectivity index (χ4v) is 2.40. The number of amides is 1. The number of aromatic amines is 1. The van der Waals surface area contributed by atoms with Gasteiger partial charge in [-0.05, 0) is 24.6 Å². The van der Waals surface area contributed by atoms with E-state index < -0.39 is 17.5 Å². The molecule has 0 spiro atoms. The minimum atomic E-state index is -0.581. The minimum Gasteiger partial charge on any atom is -0.356 e. The first-order valence-electron chi connectivity index (χ1n) is 7.24. The number of aromatic nitrogens is 3. The van der Waals surface area contributed by atoms with Crippen LogP contribution in [0.15, 0.2) is 42.9 Å². The van der Waals surface area contributed by atoms with Crippen molar-refractivity contribution in [2.75, 3.05) is 5.32 Å². The first-order valence-corrected chi connectivity index (χ1v) is 7.24. The van der Waals surface area contributed by atoms with Crippen molar-refractivity contribution in [2.45, 2.75) is 6.92 Å². The Morgan fingerprint density at radius 1 is 1.33 bits per heavy atom. The molecule has 6 nitrogen and oxygen atoms in total. The lowest BCUT2D eigenvalue weighted by molar-refractivity contribution is 0.102. The van der Waals surface area contributed by atoms with Crippen LogP contribution in [0.3, 0.4) is 0 Å². The van der Waals surface area contributed by atoms with E-state index in [1.807, 2.05) is 0 Å². The number of ketones is 1. The van der Waals surface area contributed by atoms with Gasteiger partial charge >= 0.3 is 0 Å². The molecule has 7 heteroatoms. The van der Waals surface area contributed by atoms with E-state index >= 15 is 0 Å². The van der Waals surface area contributed by atoms with Crippen LogP contribution in [-0.2, 0) is 7.05 Å². The van der Waals surface area contributed by atoms with Gasteiger partial charge in [0, 0.05) is 25.0 Å². The first kappa shape index (κ1) is 15.7. The van der Waals surface area contributed by atoms with E-state index in [0.717, 1.165) is 0 Å². The Bertz CT molecular complexity index is 906. The van der Waals surface area contributed by atoms with Gasteiger partial charge in [-0.3, -0.25) is 14.3 Å². The maximum absolute atomic E-state index is 13.9. The Morgan fingerprint density at radius 3 is 2.79 bits per heavy atom. The second kappa shape index (κ2) is 6.11. The highest BCUT2D eigenvalue weighted by atomic mass is 19.1. The summed E-state index contributed by atoms with van der Waals surface area (Å²) >= 11 is 0. The second-order valence-corrected chi connectivity index (χ2v) is 5.42. The van der Waals surface area contributed by atoms with Gasteiger partial charge in [0.15, 0.2) is 5.78 Å².